The van der Waals surface area contributed by atoms with Gasteiger partial charge >= 0.3 is 12.4 Å². The van der Waals surface area contributed by atoms with Gasteiger partial charge in [0.25, 0.3) is 0 Å². The van der Waals surface area contributed by atoms with Gasteiger partial charge in [-0.15, -0.1) is 22.7 Å². The van der Waals surface area contributed by atoms with Crippen LogP contribution in [0.15, 0.2) is 143 Å². The van der Waals surface area contributed by atoms with Crippen LogP contribution in [0.2, 0.25) is 0 Å². The van der Waals surface area contributed by atoms with Crippen molar-refractivity contribution in [2.75, 3.05) is 12.5 Å². The third-order valence-corrected chi connectivity index (χ3v) is 13.7. The number of hydrogen-bond acceptors (Lipinski definition) is 9. The molecule has 0 saturated carbocycles. The summed E-state index contributed by atoms with van der Waals surface area (Å²) in [7, 11) is -6.77. The molecule has 344 valence electrons. The van der Waals surface area contributed by atoms with Gasteiger partial charge in [-0.05, 0) is 109 Å². The van der Waals surface area contributed by atoms with Crippen molar-refractivity contribution in [3.63, 3.8) is 0 Å². The topological polar surface area (TPSA) is 124 Å². The number of aromatic nitrogens is 4. The highest BCUT2D eigenvalue weighted by atomic mass is 32.2. The van der Waals surface area contributed by atoms with Gasteiger partial charge in [0.2, 0.25) is 0 Å². The second-order valence-corrected chi connectivity index (χ2v) is 20.1. The fraction of sp³-hybridized carbons (Fsp3) is 0.174. The van der Waals surface area contributed by atoms with Crippen LogP contribution in [-0.2, 0) is 32.0 Å². The predicted octanol–water partition coefficient (Wildman–Crippen LogP) is 13.3. The number of alkyl halides is 6. The van der Waals surface area contributed by atoms with E-state index in [9.17, 15) is 48.3 Å². The minimum atomic E-state index is -4.64. The van der Waals surface area contributed by atoms with E-state index in [-0.39, 0.29) is 49.2 Å². The highest BCUT2D eigenvalue weighted by Crippen LogP contribution is 2.41. The average molecular weight is 975 g/mol. The standard InChI is InChI=1S/C22H17F3N2O2S2.C21H15F3N2O3S2.3CH4/c1-14-5-3-7-16(11-14)27-18(13-21(26-27)22(23,24)25)20-10-9-19(30-20)15-6-4-8-17(12-15)31(2,28)29;1-31(28,29)16-7-2-4-13(10-16)18-8-9-19(30-18)17-12-20(21(22,23)24)25-26(17)14-5-3-6-15(27)11-14;;;/h3-13H,1-2H3;2-12,27H,1H3;3*1H4. The Morgan fingerprint density at radius 3 is 1.28 bits per heavy atom. The van der Waals surface area contributed by atoms with E-state index in [4.69, 9.17) is 0 Å². The maximum absolute atomic E-state index is 13.4. The summed E-state index contributed by atoms with van der Waals surface area (Å²) in [6.45, 7) is 1.86. The van der Waals surface area contributed by atoms with Crippen molar-refractivity contribution in [3.05, 3.63) is 150 Å². The summed E-state index contributed by atoms with van der Waals surface area (Å²) in [4.78, 5) is 2.87. The van der Waals surface area contributed by atoms with Gasteiger partial charge in [0, 0.05) is 28.3 Å². The lowest BCUT2D eigenvalue weighted by atomic mass is 10.2. The molecule has 1 N–H and O–H groups in total. The number of thiophene rings is 2. The van der Waals surface area contributed by atoms with Crippen LogP contribution in [0.3, 0.4) is 0 Å². The predicted molar refractivity (Wildman–Crippen MR) is 247 cm³/mol. The molecule has 0 amide bonds. The molecule has 8 rings (SSSR count). The number of nitrogens with zero attached hydrogens (tertiary/aromatic N) is 4. The van der Waals surface area contributed by atoms with E-state index in [0.29, 0.717) is 37.1 Å². The van der Waals surface area contributed by atoms with Crippen LogP contribution < -0.4 is 0 Å². The molecule has 65 heavy (non-hydrogen) atoms. The van der Waals surface area contributed by atoms with E-state index in [1.807, 2.05) is 13.0 Å². The van der Waals surface area contributed by atoms with E-state index in [2.05, 4.69) is 10.2 Å². The van der Waals surface area contributed by atoms with Crippen LogP contribution in [0, 0.1) is 6.92 Å². The zero-order chi connectivity index (χ0) is 44.8. The second kappa shape index (κ2) is 19.6. The summed E-state index contributed by atoms with van der Waals surface area (Å²) in [6.07, 6.45) is -6.97. The zero-order valence-corrected chi connectivity index (χ0v) is 35.7. The Hall–Kier alpha value is -6.02. The molecule has 9 nitrogen and oxygen atoms in total. The molecule has 0 spiro atoms. The summed E-state index contributed by atoms with van der Waals surface area (Å²) in [5, 5.41) is 17.3. The number of sulfone groups is 2. The quantitative estimate of drug-likeness (QED) is 0.150. The van der Waals surface area contributed by atoms with Crippen molar-refractivity contribution < 1.29 is 48.3 Å². The summed E-state index contributed by atoms with van der Waals surface area (Å²) in [5.41, 5.74) is 1.51. The zero-order valence-electron chi connectivity index (χ0n) is 32.5. The average Bonchev–Trinajstić information content (AvgIpc) is 4.03. The lowest BCUT2D eigenvalue weighted by molar-refractivity contribution is -0.142. The lowest BCUT2D eigenvalue weighted by Gasteiger charge is -2.07. The Labute approximate surface area is 381 Å². The van der Waals surface area contributed by atoms with Crippen LogP contribution in [0.5, 0.6) is 5.75 Å². The molecule has 0 unspecified atom stereocenters. The van der Waals surface area contributed by atoms with Gasteiger partial charge < -0.3 is 5.11 Å². The molecule has 4 aromatic carbocycles. The molecule has 0 saturated heterocycles. The molecule has 0 aliphatic rings. The molecule has 0 aliphatic carbocycles. The number of rotatable bonds is 8. The minimum Gasteiger partial charge on any atom is -0.508 e. The van der Waals surface area contributed by atoms with Gasteiger partial charge in [-0.3, -0.25) is 0 Å². The highest BCUT2D eigenvalue weighted by Gasteiger charge is 2.36. The third-order valence-electron chi connectivity index (χ3n) is 9.13. The van der Waals surface area contributed by atoms with E-state index in [1.54, 1.807) is 78.9 Å². The highest BCUT2D eigenvalue weighted by molar-refractivity contribution is 7.91. The normalized spacial score (nSPS) is 11.7. The molecular weight excluding hydrogens is 931 g/mol. The summed E-state index contributed by atoms with van der Waals surface area (Å²) < 4.78 is 130. The first-order chi connectivity index (χ1) is 29.0. The first kappa shape index (κ1) is 51.6. The van der Waals surface area contributed by atoms with Crippen LogP contribution >= 0.6 is 22.7 Å². The Morgan fingerprint density at radius 2 is 0.892 bits per heavy atom. The van der Waals surface area contributed by atoms with Gasteiger partial charge in [0.05, 0.1) is 42.3 Å². The molecule has 4 heterocycles. The molecule has 4 aromatic heterocycles. The van der Waals surface area contributed by atoms with E-state index in [1.165, 1.54) is 63.8 Å². The van der Waals surface area contributed by atoms with Crippen molar-refractivity contribution in [2.24, 2.45) is 0 Å². The Kier molecular flexibility index (Phi) is 15.6. The third kappa shape index (κ3) is 11.8. The van der Waals surface area contributed by atoms with Gasteiger partial charge in [0.1, 0.15) is 5.75 Å². The summed E-state index contributed by atoms with van der Waals surface area (Å²) in [5.74, 6) is -0.100. The number of benzene rings is 4. The van der Waals surface area contributed by atoms with Gasteiger partial charge in [-0.2, -0.15) is 36.5 Å². The Balaban J connectivity index is 0.000000272. The Bertz CT molecular complexity index is 2960. The fourth-order valence-corrected chi connectivity index (χ4v) is 9.53. The van der Waals surface area contributed by atoms with Crippen molar-refractivity contribution in [1.29, 1.82) is 0 Å². The first-order valence-corrected chi connectivity index (χ1v) is 23.5. The number of aryl methyl sites for hydroxylation is 1. The largest absolute Gasteiger partial charge is 0.508 e. The molecule has 8 aromatic rings. The lowest BCUT2D eigenvalue weighted by Crippen LogP contribution is -2.07. The van der Waals surface area contributed by atoms with Gasteiger partial charge in [-0.25, -0.2) is 26.2 Å². The number of phenolic OH excluding ortho intramolecular Hbond substituents is 1. The molecule has 0 fully saturated rings. The van der Waals surface area contributed by atoms with Crippen molar-refractivity contribution >= 4 is 42.3 Å². The van der Waals surface area contributed by atoms with E-state index in [0.717, 1.165) is 39.8 Å². The number of halogens is 6. The minimum absolute atomic E-state index is 0. The van der Waals surface area contributed by atoms with E-state index < -0.39 is 43.4 Å². The number of phenols is 1. The molecule has 0 aliphatic heterocycles. The van der Waals surface area contributed by atoms with E-state index >= 15 is 0 Å². The summed E-state index contributed by atoms with van der Waals surface area (Å²) >= 11 is 2.48. The molecule has 0 radical (unpaired) electrons. The van der Waals surface area contributed by atoms with Crippen molar-refractivity contribution in [2.45, 2.75) is 51.3 Å². The monoisotopic (exact) mass is 974 g/mol. The van der Waals surface area contributed by atoms with Gasteiger partial charge in [0.15, 0.2) is 31.1 Å². The SMILES string of the molecule is C.C.C.CS(=O)(=O)c1cccc(-c2ccc(-c3cc(C(F)(F)F)nn3-c3cccc(O)c3)s2)c1.Cc1cccc(-n2nc(C(F)(F)F)cc2-c2ccc(-c3cccc(S(C)(=O)=O)c3)s2)c1. The Morgan fingerprint density at radius 1 is 0.508 bits per heavy atom. The number of aromatic hydroxyl groups is 1. The molecular formula is C46H44F6N4O5S4. The molecule has 19 heteroatoms. The second-order valence-electron chi connectivity index (χ2n) is 13.9. The maximum Gasteiger partial charge on any atom is 0.435 e. The fourth-order valence-electron chi connectivity index (χ4n) is 6.19. The number of hydrogen-bond donors (Lipinski definition) is 1. The maximum atomic E-state index is 13.4. The summed E-state index contributed by atoms with van der Waals surface area (Å²) in [6, 6.07) is 34.6. The van der Waals surface area contributed by atoms with Crippen molar-refractivity contribution in [3.8, 4) is 59.1 Å². The van der Waals surface area contributed by atoms with Crippen LogP contribution in [0.25, 0.3) is 53.4 Å². The van der Waals surface area contributed by atoms with Crippen LogP contribution in [0.4, 0.5) is 26.3 Å². The first-order valence-electron chi connectivity index (χ1n) is 18.1. The molecule has 0 atom stereocenters. The van der Waals surface area contributed by atoms with Crippen LogP contribution in [-0.4, -0.2) is 54.0 Å². The van der Waals surface area contributed by atoms with Gasteiger partial charge in [-0.1, -0.05) is 64.7 Å². The van der Waals surface area contributed by atoms with Crippen LogP contribution in [0.1, 0.15) is 39.2 Å². The smallest absolute Gasteiger partial charge is 0.435 e. The van der Waals surface area contributed by atoms with Crippen molar-refractivity contribution in [1.82, 2.24) is 19.6 Å². The molecule has 0 bridgehead atoms.